The Kier molecular flexibility index (Phi) is 5.26. The summed E-state index contributed by atoms with van der Waals surface area (Å²) >= 11 is 0. The van der Waals surface area contributed by atoms with Gasteiger partial charge in [0, 0.05) is 41.6 Å². The molecule has 6 nitrogen and oxygen atoms in total. The molecule has 0 aliphatic carbocycles. The van der Waals surface area contributed by atoms with Crippen LogP contribution in [-0.4, -0.2) is 38.2 Å². The van der Waals surface area contributed by atoms with Crippen LogP contribution in [0.1, 0.15) is 28.3 Å². The van der Waals surface area contributed by atoms with E-state index in [1.54, 1.807) is 35.5 Å². The molecule has 0 radical (unpaired) electrons. The number of aryl methyl sites for hydroxylation is 1. The van der Waals surface area contributed by atoms with Gasteiger partial charge >= 0.3 is 0 Å². The maximum atomic E-state index is 13.1. The van der Waals surface area contributed by atoms with E-state index in [0.717, 1.165) is 22.0 Å². The van der Waals surface area contributed by atoms with Crippen molar-refractivity contribution in [1.29, 1.82) is 0 Å². The summed E-state index contributed by atoms with van der Waals surface area (Å²) in [5.74, 6) is -1.46. The molecule has 0 bridgehead atoms. The predicted octanol–water partition coefficient (Wildman–Crippen LogP) is 4.54. The molecule has 3 heterocycles. The number of aromatic nitrogens is 2. The standard InChI is InChI=1S/C27H23N3O3/c1-17-8-10-18(11-9-17)25(31)23-24(20-5-4-13-28-15-20)30(27(33)26(23)32)14-12-19-16-29-22-7-3-2-6-21(19)22/h2-11,13,15-16,24,29,31H,12,14H2,1H3. The van der Waals surface area contributed by atoms with Gasteiger partial charge in [0.2, 0.25) is 0 Å². The van der Waals surface area contributed by atoms with Gasteiger partial charge in [-0.3, -0.25) is 14.6 Å². The summed E-state index contributed by atoms with van der Waals surface area (Å²) in [5.41, 5.74) is 4.41. The van der Waals surface area contributed by atoms with Crippen LogP contribution in [-0.2, 0) is 16.0 Å². The normalized spacial score (nSPS) is 17.7. The van der Waals surface area contributed by atoms with E-state index in [-0.39, 0.29) is 11.3 Å². The number of hydrogen-bond acceptors (Lipinski definition) is 4. The maximum absolute atomic E-state index is 13.1. The topological polar surface area (TPSA) is 86.3 Å². The van der Waals surface area contributed by atoms with Crippen LogP contribution < -0.4 is 0 Å². The van der Waals surface area contributed by atoms with Crippen molar-refractivity contribution >= 4 is 28.4 Å². The molecule has 164 valence electrons. The first-order chi connectivity index (χ1) is 16.0. The number of nitrogens with zero attached hydrogens (tertiary/aromatic N) is 2. The first kappa shape index (κ1) is 20.7. The molecule has 6 heteroatoms. The third-order valence-corrected chi connectivity index (χ3v) is 6.16. The van der Waals surface area contributed by atoms with E-state index in [1.807, 2.05) is 55.6 Å². The first-order valence-corrected chi connectivity index (χ1v) is 10.8. The van der Waals surface area contributed by atoms with Gasteiger partial charge in [0.05, 0.1) is 11.6 Å². The first-order valence-electron chi connectivity index (χ1n) is 10.8. The number of aromatic amines is 1. The van der Waals surface area contributed by atoms with Crippen LogP contribution in [0.5, 0.6) is 0 Å². The van der Waals surface area contributed by atoms with Crippen molar-refractivity contribution in [2.75, 3.05) is 6.54 Å². The zero-order valence-corrected chi connectivity index (χ0v) is 18.2. The van der Waals surface area contributed by atoms with Crippen molar-refractivity contribution in [3.63, 3.8) is 0 Å². The number of carbonyl (C=O) groups is 2. The van der Waals surface area contributed by atoms with Crippen LogP contribution >= 0.6 is 0 Å². The van der Waals surface area contributed by atoms with E-state index in [9.17, 15) is 14.7 Å². The van der Waals surface area contributed by atoms with Crippen molar-refractivity contribution in [2.24, 2.45) is 0 Å². The zero-order chi connectivity index (χ0) is 22.9. The molecule has 2 aromatic carbocycles. The van der Waals surface area contributed by atoms with Gasteiger partial charge in [-0.05, 0) is 36.6 Å². The predicted molar refractivity (Wildman–Crippen MR) is 126 cm³/mol. The van der Waals surface area contributed by atoms with Crippen molar-refractivity contribution in [2.45, 2.75) is 19.4 Å². The molecule has 4 aromatic rings. The van der Waals surface area contributed by atoms with Gasteiger partial charge in [-0.15, -0.1) is 0 Å². The Morgan fingerprint density at radius 1 is 1.06 bits per heavy atom. The number of para-hydroxylation sites is 1. The fourth-order valence-corrected chi connectivity index (χ4v) is 4.44. The summed E-state index contributed by atoms with van der Waals surface area (Å²) < 4.78 is 0. The van der Waals surface area contributed by atoms with Gasteiger partial charge in [-0.2, -0.15) is 0 Å². The number of hydrogen-bond donors (Lipinski definition) is 2. The highest BCUT2D eigenvalue weighted by Gasteiger charge is 2.46. The minimum Gasteiger partial charge on any atom is -0.507 e. The fraction of sp³-hybridized carbons (Fsp3) is 0.148. The zero-order valence-electron chi connectivity index (χ0n) is 18.2. The highest BCUT2D eigenvalue weighted by molar-refractivity contribution is 6.46. The van der Waals surface area contributed by atoms with E-state index < -0.39 is 17.7 Å². The lowest BCUT2D eigenvalue weighted by atomic mass is 9.96. The summed E-state index contributed by atoms with van der Waals surface area (Å²) in [6.07, 6.45) is 5.78. The Morgan fingerprint density at radius 2 is 1.85 bits per heavy atom. The van der Waals surface area contributed by atoms with E-state index in [2.05, 4.69) is 9.97 Å². The lowest BCUT2D eigenvalue weighted by Gasteiger charge is -2.25. The van der Waals surface area contributed by atoms with Crippen molar-refractivity contribution in [3.05, 3.63) is 107 Å². The molecule has 2 aromatic heterocycles. The Balaban J connectivity index is 1.55. The van der Waals surface area contributed by atoms with Crippen LogP contribution in [0.2, 0.25) is 0 Å². The van der Waals surface area contributed by atoms with Gasteiger partial charge in [0.15, 0.2) is 0 Å². The second kappa shape index (κ2) is 8.39. The molecule has 0 saturated carbocycles. The number of ketones is 1. The molecule has 1 amide bonds. The molecular weight excluding hydrogens is 414 g/mol. The number of H-pyrrole nitrogens is 1. The summed E-state index contributed by atoms with van der Waals surface area (Å²) in [6, 6.07) is 18.1. The third-order valence-electron chi connectivity index (χ3n) is 6.16. The Morgan fingerprint density at radius 3 is 2.61 bits per heavy atom. The number of carbonyl (C=O) groups excluding carboxylic acids is 2. The molecule has 0 spiro atoms. The number of aliphatic hydroxyl groups excluding tert-OH is 1. The van der Waals surface area contributed by atoms with E-state index >= 15 is 0 Å². The second-order valence-electron chi connectivity index (χ2n) is 8.25. The van der Waals surface area contributed by atoms with E-state index in [4.69, 9.17) is 0 Å². The minimum absolute atomic E-state index is 0.0933. The number of aliphatic hydroxyl groups is 1. The average molecular weight is 437 g/mol. The third kappa shape index (κ3) is 3.69. The largest absolute Gasteiger partial charge is 0.507 e. The SMILES string of the molecule is Cc1ccc(C(O)=C2C(=O)C(=O)N(CCc3c[nH]c4ccccc34)C2c2cccnc2)cc1. The minimum atomic E-state index is -0.704. The molecule has 1 fully saturated rings. The van der Waals surface area contributed by atoms with Crippen LogP contribution in [0, 0.1) is 6.92 Å². The van der Waals surface area contributed by atoms with Crippen LogP contribution in [0.25, 0.3) is 16.7 Å². The number of benzene rings is 2. The molecule has 1 atom stereocenters. The molecule has 1 saturated heterocycles. The maximum Gasteiger partial charge on any atom is 0.295 e. The van der Waals surface area contributed by atoms with Crippen LogP contribution in [0.15, 0.2) is 84.8 Å². The summed E-state index contributed by atoms with van der Waals surface area (Å²) in [5, 5.41) is 12.2. The van der Waals surface area contributed by atoms with Gasteiger partial charge in [-0.1, -0.05) is 54.1 Å². The molecule has 33 heavy (non-hydrogen) atoms. The van der Waals surface area contributed by atoms with Gasteiger partial charge in [0.1, 0.15) is 5.76 Å². The van der Waals surface area contributed by atoms with E-state index in [0.29, 0.717) is 24.1 Å². The van der Waals surface area contributed by atoms with Gasteiger partial charge in [-0.25, -0.2) is 0 Å². The number of fused-ring (bicyclic) bond motifs is 1. The molecule has 1 aliphatic heterocycles. The van der Waals surface area contributed by atoms with Crippen molar-refractivity contribution < 1.29 is 14.7 Å². The molecular formula is C27H23N3O3. The molecule has 5 rings (SSSR count). The van der Waals surface area contributed by atoms with Crippen LogP contribution in [0.3, 0.4) is 0 Å². The van der Waals surface area contributed by atoms with Crippen molar-refractivity contribution in [3.8, 4) is 0 Å². The number of nitrogens with one attached hydrogen (secondary N) is 1. The summed E-state index contributed by atoms with van der Waals surface area (Å²) in [7, 11) is 0. The Bertz CT molecular complexity index is 1370. The highest BCUT2D eigenvalue weighted by atomic mass is 16.3. The quantitative estimate of drug-likeness (QED) is 0.273. The van der Waals surface area contributed by atoms with E-state index in [1.165, 1.54) is 0 Å². The van der Waals surface area contributed by atoms with Gasteiger partial charge < -0.3 is 15.0 Å². The molecule has 1 aliphatic rings. The Hall–Kier alpha value is -4.19. The number of rotatable bonds is 5. The number of pyridine rings is 1. The highest BCUT2D eigenvalue weighted by Crippen LogP contribution is 2.39. The lowest BCUT2D eigenvalue weighted by Crippen LogP contribution is -2.31. The Labute approximate surface area is 191 Å². The lowest BCUT2D eigenvalue weighted by molar-refractivity contribution is -0.139. The van der Waals surface area contributed by atoms with Crippen LogP contribution in [0.4, 0.5) is 0 Å². The fourth-order valence-electron chi connectivity index (χ4n) is 4.44. The number of amides is 1. The second-order valence-corrected chi connectivity index (χ2v) is 8.25. The summed E-state index contributed by atoms with van der Waals surface area (Å²) in [6.45, 7) is 2.28. The smallest absolute Gasteiger partial charge is 0.295 e. The average Bonchev–Trinajstić information content (AvgIpc) is 3.37. The van der Waals surface area contributed by atoms with Crippen molar-refractivity contribution in [1.82, 2.24) is 14.9 Å². The molecule has 2 N–H and O–H groups in total. The number of likely N-dealkylation sites (tertiary alicyclic amines) is 1. The van der Waals surface area contributed by atoms with Gasteiger partial charge in [0.25, 0.3) is 11.7 Å². The molecule has 1 unspecified atom stereocenters. The number of Topliss-reactive ketones (excluding diaryl/α,β-unsaturated/α-hetero) is 1. The monoisotopic (exact) mass is 437 g/mol. The summed E-state index contributed by atoms with van der Waals surface area (Å²) in [4.78, 5) is 35.2.